The maximum Gasteiger partial charge on any atom is 0.265 e. The minimum Gasteiger partial charge on any atom is -0.364 e. The smallest absolute Gasteiger partial charge is 0.265 e. The van der Waals surface area contributed by atoms with Gasteiger partial charge in [-0.1, -0.05) is 0 Å². The number of nitrogens with one attached hydrogen (secondary N) is 1. The first-order chi connectivity index (χ1) is 4.80. The average Bonchev–Trinajstić information content (AvgIpc) is 2.12. The second-order valence-corrected chi connectivity index (χ2v) is 1.65. The van der Waals surface area contributed by atoms with Gasteiger partial charge in [-0.15, -0.1) is 0 Å². The van der Waals surface area contributed by atoms with E-state index in [9.17, 15) is 4.79 Å². The summed E-state index contributed by atoms with van der Waals surface area (Å²) in [6, 6.07) is 0. The third-order valence-corrected chi connectivity index (χ3v) is 0.944. The molecule has 3 N–H and O–H groups in total. The summed E-state index contributed by atoms with van der Waals surface area (Å²) in [5.74, 6) is -0.519. The molecule has 0 saturated heterocycles. The standard InChI is InChI=1S/C6H6N3O/c7-6(10)5-2-1-3-8-4-9-5/h1-3H,(H2,7,10)(H,8,9). The molecule has 1 radical (unpaired) electrons. The summed E-state index contributed by atoms with van der Waals surface area (Å²) in [6.07, 6.45) is 7.04. The molecular formula is C6H6N3O. The topological polar surface area (TPSA) is 67.5 Å². The molecule has 1 aliphatic rings. The van der Waals surface area contributed by atoms with Gasteiger partial charge in [0.15, 0.2) is 6.34 Å². The highest BCUT2D eigenvalue weighted by Gasteiger charge is 2.00. The molecule has 10 heavy (non-hydrogen) atoms. The summed E-state index contributed by atoms with van der Waals surface area (Å²) < 4.78 is 0. The van der Waals surface area contributed by atoms with Crippen LogP contribution in [0.15, 0.2) is 29.0 Å². The lowest BCUT2D eigenvalue weighted by atomic mass is 10.4. The van der Waals surface area contributed by atoms with Gasteiger partial charge < -0.3 is 11.1 Å². The molecule has 0 spiro atoms. The Morgan fingerprint density at radius 2 is 2.60 bits per heavy atom. The number of hydrogen-bond donors (Lipinski definition) is 2. The first-order valence-electron chi connectivity index (χ1n) is 2.68. The Kier molecular flexibility index (Phi) is 1.84. The SMILES string of the molecule is NC(=O)C1=CC=CN=[C]N1. The minimum absolute atomic E-state index is 0.289. The molecule has 1 aliphatic heterocycles. The van der Waals surface area contributed by atoms with Crippen LogP contribution in [-0.2, 0) is 4.79 Å². The highest BCUT2D eigenvalue weighted by molar-refractivity contribution is 5.94. The maximum absolute atomic E-state index is 10.5. The van der Waals surface area contributed by atoms with Crippen molar-refractivity contribution in [2.45, 2.75) is 0 Å². The Bertz CT molecular complexity index is 227. The number of carbonyl (C=O) groups excluding carboxylic acids is 1. The lowest BCUT2D eigenvalue weighted by Gasteiger charge is -1.95. The molecule has 4 nitrogen and oxygen atoms in total. The number of primary amides is 1. The second-order valence-electron chi connectivity index (χ2n) is 1.65. The number of carbonyl (C=O) groups is 1. The van der Waals surface area contributed by atoms with Crippen LogP contribution in [0.3, 0.4) is 0 Å². The van der Waals surface area contributed by atoms with E-state index in [1.165, 1.54) is 12.3 Å². The Morgan fingerprint density at radius 3 is 3.30 bits per heavy atom. The summed E-state index contributed by atoms with van der Waals surface area (Å²) >= 11 is 0. The fourth-order valence-electron chi connectivity index (χ4n) is 0.497. The molecule has 0 atom stereocenters. The molecule has 0 saturated carbocycles. The third kappa shape index (κ3) is 1.45. The highest BCUT2D eigenvalue weighted by atomic mass is 16.1. The van der Waals surface area contributed by atoms with E-state index in [0.717, 1.165) is 0 Å². The van der Waals surface area contributed by atoms with E-state index >= 15 is 0 Å². The average molecular weight is 136 g/mol. The molecule has 0 fully saturated rings. The normalized spacial score (nSPS) is 15.4. The first kappa shape index (κ1) is 6.54. The van der Waals surface area contributed by atoms with Gasteiger partial charge in [-0.2, -0.15) is 0 Å². The molecule has 51 valence electrons. The van der Waals surface area contributed by atoms with Gasteiger partial charge in [-0.25, -0.2) is 4.99 Å². The van der Waals surface area contributed by atoms with Crippen molar-refractivity contribution in [3.63, 3.8) is 0 Å². The second kappa shape index (κ2) is 2.82. The van der Waals surface area contributed by atoms with Gasteiger partial charge in [0.25, 0.3) is 5.91 Å². The van der Waals surface area contributed by atoms with Crippen molar-refractivity contribution in [3.05, 3.63) is 24.0 Å². The van der Waals surface area contributed by atoms with Crippen LogP contribution >= 0.6 is 0 Å². The van der Waals surface area contributed by atoms with Crippen LogP contribution in [0.4, 0.5) is 0 Å². The van der Waals surface area contributed by atoms with Gasteiger partial charge in [0.1, 0.15) is 5.70 Å². The lowest BCUT2D eigenvalue weighted by Crippen LogP contribution is -2.24. The van der Waals surface area contributed by atoms with Crippen LogP contribution in [0.2, 0.25) is 0 Å². The Hall–Kier alpha value is -1.58. The molecule has 1 amide bonds. The summed E-state index contributed by atoms with van der Waals surface area (Å²) in [6.45, 7) is 0. The molecule has 0 aromatic carbocycles. The number of hydrogen-bond acceptors (Lipinski definition) is 3. The molecule has 1 rings (SSSR count). The van der Waals surface area contributed by atoms with Crippen LogP contribution in [0.25, 0.3) is 0 Å². The molecule has 0 aliphatic carbocycles. The fraction of sp³-hybridized carbons (Fsp3) is 0. The molecule has 1 heterocycles. The van der Waals surface area contributed by atoms with Crippen molar-refractivity contribution in [3.8, 4) is 0 Å². The van der Waals surface area contributed by atoms with Crippen LogP contribution < -0.4 is 11.1 Å². The highest BCUT2D eigenvalue weighted by Crippen LogP contribution is 1.90. The summed E-state index contributed by atoms with van der Waals surface area (Å²) in [5.41, 5.74) is 5.24. The van der Waals surface area contributed by atoms with Gasteiger partial charge in [0.05, 0.1) is 0 Å². The number of nitrogens with zero attached hydrogens (tertiary/aromatic N) is 1. The number of amides is 1. The van der Waals surface area contributed by atoms with E-state index in [-0.39, 0.29) is 5.70 Å². The quantitative estimate of drug-likeness (QED) is 0.504. The van der Waals surface area contributed by atoms with Crippen LogP contribution in [0.5, 0.6) is 0 Å². The van der Waals surface area contributed by atoms with E-state index in [1.54, 1.807) is 6.08 Å². The summed E-state index contributed by atoms with van der Waals surface area (Å²) in [7, 11) is 0. The Balaban J connectivity index is 2.78. The van der Waals surface area contributed by atoms with Crippen molar-refractivity contribution in [1.29, 1.82) is 0 Å². The van der Waals surface area contributed by atoms with E-state index in [0.29, 0.717) is 0 Å². The van der Waals surface area contributed by atoms with Crippen molar-refractivity contribution < 1.29 is 4.79 Å². The number of rotatable bonds is 1. The number of aliphatic imine (C=N–C) groups is 1. The van der Waals surface area contributed by atoms with Gasteiger partial charge in [-0.3, -0.25) is 4.79 Å². The Labute approximate surface area is 58.1 Å². The van der Waals surface area contributed by atoms with E-state index in [2.05, 4.69) is 16.6 Å². The van der Waals surface area contributed by atoms with Gasteiger partial charge in [0.2, 0.25) is 0 Å². The van der Waals surface area contributed by atoms with Crippen LogP contribution in [0.1, 0.15) is 0 Å². The van der Waals surface area contributed by atoms with Gasteiger partial charge in [-0.05, 0) is 12.2 Å². The summed E-state index contributed by atoms with van der Waals surface area (Å²) in [5, 5.41) is 2.49. The van der Waals surface area contributed by atoms with Gasteiger partial charge >= 0.3 is 0 Å². The van der Waals surface area contributed by atoms with Crippen LogP contribution in [-0.4, -0.2) is 12.2 Å². The zero-order valence-corrected chi connectivity index (χ0v) is 5.16. The lowest BCUT2D eigenvalue weighted by molar-refractivity contribution is -0.114. The van der Waals surface area contributed by atoms with Crippen molar-refractivity contribution in [2.75, 3.05) is 0 Å². The van der Waals surface area contributed by atoms with Crippen molar-refractivity contribution >= 4 is 12.2 Å². The largest absolute Gasteiger partial charge is 0.364 e. The zero-order chi connectivity index (χ0) is 7.40. The zero-order valence-electron chi connectivity index (χ0n) is 5.16. The fourth-order valence-corrected chi connectivity index (χ4v) is 0.497. The van der Waals surface area contributed by atoms with E-state index in [4.69, 9.17) is 5.73 Å². The predicted octanol–water partition coefficient (Wildman–Crippen LogP) is -0.622. The Morgan fingerprint density at radius 1 is 1.80 bits per heavy atom. The number of allylic oxidation sites excluding steroid dienone is 2. The number of nitrogens with two attached hydrogens (primary N) is 1. The minimum atomic E-state index is -0.519. The van der Waals surface area contributed by atoms with Crippen molar-refractivity contribution in [1.82, 2.24) is 5.32 Å². The first-order valence-corrected chi connectivity index (χ1v) is 2.68. The van der Waals surface area contributed by atoms with Gasteiger partial charge in [0, 0.05) is 6.20 Å². The molecular weight excluding hydrogens is 130 g/mol. The van der Waals surface area contributed by atoms with Crippen LogP contribution in [0, 0.1) is 0 Å². The van der Waals surface area contributed by atoms with Crippen molar-refractivity contribution in [2.24, 2.45) is 10.7 Å². The predicted molar refractivity (Wildman–Crippen MR) is 37.0 cm³/mol. The molecule has 4 heteroatoms. The third-order valence-electron chi connectivity index (χ3n) is 0.944. The molecule has 0 aromatic heterocycles. The summed E-state index contributed by atoms with van der Waals surface area (Å²) in [4.78, 5) is 14.1. The molecule has 0 bridgehead atoms. The maximum atomic E-state index is 10.5. The molecule has 0 aromatic rings. The monoisotopic (exact) mass is 136 g/mol. The molecule has 0 unspecified atom stereocenters. The van der Waals surface area contributed by atoms with E-state index in [1.807, 2.05) is 0 Å². The van der Waals surface area contributed by atoms with E-state index < -0.39 is 5.91 Å².